The van der Waals surface area contributed by atoms with Gasteiger partial charge in [0.25, 0.3) is 0 Å². The van der Waals surface area contributed by atoms with E-state index in [0.717, 1.165) is 18.1 Å². The Bertz CT molecular complexity index is 651. The molecule has 0 amide bonds. The van der Waals surface area contributed by atoms with E-state index >= 15 is 0 Å². The minimum absolute atomic E-state index is 0. The van der Waals surface area contributed by atoms with Gasteiger partial charge >= 0.3 is 0 Å². The molecule has 0 unspecified atom stereocenters. The first-order valence-corrected chi connectivity index (χ1v) is 8.58. The van der Waals surface area contributed by atoms with Crippen LogP contribution >= 0.6 is 24.0 Å². The zero-order valence-electron chi connectivity index (χ0n) is 15.7. The van der Waals surface area contributed by atoms with Gasteiger partial charge in [-0.1, -0.05) is 0 Å². The normalized spacial score (nSPS) is 11.0. The molecule has 1 aromatic carbocycles. The van der Waals surface area contributed by atoms with Crippen LogP contribution in [0.5, 0.6) is 5.75 Å². The van der Waals surface area contributed by atoms with Crippen molar-refractivity contribution < 1.29 is 18.3 Å². The van der Waals surface area contributed by atoms with E-state index in [9.17, 15) is 4.39 Å². The van der Waals surface area contributed by atoms with Crippen LogP contribution in [0.25, 0.3) is 0 Å². The number of nitrogens with one attached hydrogen (secondary N) is 1. The van der Waals surface area contributed by atoms with Crippen LogP contribution in [0.4, 0.5) is 4.39 Å². The van der Waals surface area contributed by atoms with Gasteiger partial charge < -0.3 is 24.1 Å². The van der Waals surface area contributed by atoms with Crippen molar-refractivity contribution in [3.05, 3.63) is 54.2 Å². The number of hydrogen-bond acceptors (Lipinski definition) is 4. The van der Waals surface area contributed by atoms with E-state index < -0.39 is 0 Å². The number of furan rings is 1. The number of hydrogen-bond donors (Lipinski definition) is 1. The molecular weight excluding hydrogens is 464 g/mol. The van der Waals surface area contributed by atoms with Crippen molar-refractivity contribution in [1.82, 2.24) is 10.2 Å². The first kappa shape index (κ1) is 23.2. The molecule has 8 heteroatoms. The molecule has 150 valence electrons. The first-order chi connectivity index (χ1) is 12.7. The van der Waals surface area contributed by atoms with E-state index in [1.54, 1.807) is 25.5 Å². The molecule has 0 aliphatic rings. The summed E-state index contributed by atoms with van der Waals surface area (Å²) < 4.78 is 28.9. The number of ether oxygens (including phenoxy) is 2. The molecule has 0 fully saturated rings. The summed E-state index contributed by atoms with van der Waals surface area (Å²) in [6, 6.07) is 9.82. The van der Waals surface area contributed by atoms with Crippen molar-refractivity contribution in [2.75, 3.05) is 47.0 Å². The summed E-state index contributed by atoms with van der Waals surface area (Å²) in [5.41, 5.74) is 0. The van der Waals surface area contributed by atoms with Gasteiger partial charge in [0.05, 0.1) is 26.0 Å². The maximum atomic E-state index is 12.9. The van der Waals surface area contributed by atoms with Crippen molar-refractivity contribution >= 4 is 29.9 Å². The largest absolute Gasteiger partial charge is 0.492 e. The molecular formula is C19H27FIN3O3. The smallest absolute Gasteiger partial charge is 0.193 e. The fourth-order valence-electron chi connectivity index (χ4n) is 2.24. The first-order valence-electron chi connectivity index (χ1n) is 8.58. The Morgan fingerprint density at radius 1 is 1.22 bits per heavy atom. The van der Waals surface area contributed by atoms with Crippen LogP contribution in [0.3, 0.4) is 0 Å². The lowest BCUT2D eigenvalue weighted by atomic mass is 10.3. The van der Waals surface area contributed by atoms with E-state index in [-0.39, 0.29) is 29.8 Å². The molecule has 2 rings (SSSR count). The molecule has 0 aliphatic heterocycles. The number of aliphatic imine (C=N–C) groups is 1. The van der Waals surface area contributed by atoms with Crippen LogP contribution in [-0.2, 0) is 11.2 Å². The van der Waals surface area contributed by atoms with E-state index in [0.29, 0.717) is 38.6 Å². The Kier molecular flexibility index (Phi) is 11.5. The summed E-state index contributed by atoms with van der Waals surface area (Å²) in [4.78, 5) is 6.53. The lowest BCUT2D eigenvalue weighted by molar-refractivity contribution is 0.207. The number of halogens is 2. The van der Waals surface area contributed by atoms with Crippen LogP contribution in [-0.4, -0.2) is 57.9 Å². The molecule has 0 aliphatic carbocycles. The van der Waals surface area contributed by atoms with Crippen molar-refractivity contribution in [1.29, 1.82) is 0 Å². The SMILES string of the molecule is COCCN=C(NCCc1ccco1)N(C)CCOc1ccc(F)cc1.I. The second kappa shape index (κ2) is 13.4. The van der Waals surface area contributed by atoms with Gasteiger partial charge in [0.1, 0.15) is 23.9 Å². The molecule has 0 spiro atoms. The average molecular weight is 491 g/mol. The van der Waals surface area contributed by atoms with Gasteiger partial charge in [0.15, 0.2) is 5.96 Å². The van der Waals surface area contributed by atoms with Gasteiger partial charge in [-0.05, 0) is 36.4 Å². The number of rotatable bonds is 10. The summed E-state index contributed by atoms with van der Waals surface area (Å²) in [6.07, 6.45) is 2.44. The molecule has 0 radical (unpaired) electrons. The average Bonchev–Trinajstić information content (AvgIpc) is 3.15. The summed E-state index contributed by atoms with van der Waals surface area (Å²) in [5, 5.41) is 3.33. The zero-order valence-corrected chi connectivity index (χ0v) is 18.0. The Morgan fingerprint density at radius 3 is 2.67 bits per heavy atom. The summed E-state index contributed by atoms with van der Waals surface area (Å²) in [5.74, 6) is 2.07. The summed E-state index contributed by atoms with van der Waals surface area (Å²) in [7, 11) is 3.60. The standard InChI is InChI=1S/C19H26FN3O3.HI/c1-23(12-15-26-18-7-5-16(20)6-8-18)19(22-11-14-24-2)21-10-9-17-4-3-13-25-17;/h3-8,13H,9-12,14-15H2,1-2H3,(H,21,22);1H. The van der Waals surface area contributed by atoms with Gasteiger partial charge in [-0.25, -0.2) is 4.39 Å². The summed E-state index contributed by atoms with van der Waals surface area (Å²) in [6.45, 7) is 2.94. The lowest BCUT2D eigenvalue weighted by Crippen LogP contribution is -2.42. The van der Waals surface area contributed by atoms with Crippen LogP contribution < -0.4 is 10.1 Å². The minimum atomic E-state index is -0.275. The third-order valence-electron chi connectivity index (χ3n) is 3.66. The second-order valence-electron chi connectivity index (χ2n) is 5.68. The highest BCUT2D eigenvalue weighted by molar-refractivity contribution is 14.0. The molecule has 1 N–H and O–H groups in total. The third kappa shape index (κ3) is 9.09. The molecule has 27 heavy (non-hydrogen) atoms. The molecule has 6 nitrogen and oxygen atoms in total. The number of nitrogens with zero attached hydrogens (tertiary/aromatic N) is 2. The fourth-order valence-corrected chi connectivity index (χ4v) is 2.24. The quantitative estimate of drug-likeness (QED) is 0.240. The third-order valence-corrected chi connectivity index (χ3v) is 3.66. The maximum Gasteiger partial charge on any atom is 0.193 e. The van der Waals surface area contributed by atoms with E-state index in [1.165, 1.54) is 12.1 Å². The molecule has 0 saturated carbocycles. The Balaban J connectivity index is 0.00000364. The predicted molar refractivity (Wildman–Crippen MR) is 115 cm³/mol. The number of benzene rings is 1. The minimum Gasteiger partial charge on any atom is -0.492 e. The number of likely N-dealkylation sites (N-methyl/N-ethyl adjacent to an activating group) is 1. The van der Waals surface area contributed by atoms with Gasteiger partial charge in [-0.15, -0.1) is 24.0 Å². The molecule has 0 bridgehead atoms. The highest BCUT2D eigenvalue weighted by Crippen LogP contribution is 2.10. The van der Waals surface area contributed by atoms with Crippen LogP contribution in [0, 0.1) is 5.82 Å². The van der Waals surface area contributed by atoms with Crippen LogP contribution in [0.2, 0.25) is 0 Å². The highest BCUT2D eigenvalue weighted by atomic mass is 127. The monoisotopic (exact) mass is 491 g/mol. The molecule has 1 heterocycles. The molecule has 1 aromatic heterocycles. The molecule has 0 atom stereocenters. The van der Waals surface area contributed by atoms with E-state index in [2.05, 4.69) is 10.3 Å². The highest BCUT2D eigenvalue weighted by Gasteiger charge is 2.07. The van der Waals surface area contributed by atoms with Crippen molar-refractivity contribution in [3.8, 4) is 5.75 Å². The van der Waals surface area contributed by atoms with E-state index in [1.807, 2.05) is 24.1 Å². The van der Waals surface area contributed by atoms with Crippen LogP contribution in [0.15, 0.2) is 52.1 Å². The van der Waals surface area contributed by atoms with Gasteiger partial charge in [-0.3, -0.25) is 4.99 Å². The Labute approximate surface area is 176 Å². The van der Waals surface area contributed by atoms with Crippen molar-refractivity contribution in [2.24, 2.45) is 4.99 Å². The van der Waals surface area contributed by atoms with E-state index in [4.69, 9.17) is 13.9 Å². The summed E-state index contributed by atoms with van der Waals surface area (Å²) >= 11 is 0. The van der Waals surface area contributed by atoms with Gasteiger partial charge in [-0.2, -0.15) is 0 Å². The zero-order chi connectivity index (χ0) is 18.6. The van der Waals surface area contributed by atoms with Gasteiger partial charge in [0.2, 0.25) is 0 Å². The molecule has 2 aromatic rings. The second-order valence-corrected chi connectivity index (χ2v) is 5.68. The van der Waals surface area contributed by atoms with Crippen molar-refractivity contribution in [3.63, 3.8) is 0 Å². The lowest BCUT2D eigenvalue weighted by Gasteiger charge is -2.22. The predicted octanol–water partition coefficient (Wildman–Crippen LogP) is 3.18. The Hall–Kier alpha value is -1.81. The molecule has 0 saturated heterocycles. The van der Waals surface area contributed by atoms with Crippen molar-refractivity contribution in [2.45, 2.75) is 6.42 Å². The fraction of sp³-hybridized carbons (Fsp3) is 0.421. The van der Waals surface area contributed by atoms with Crippen LogP contribution in [0.1, 0.15) is 5.76 Å². The van der Waals surface area contributed by atoms with Gasteiger partial charge in [0, 0.05) is 27.1 Å². The number of methoxy groups -OCH3 is 1. The maximum absolute atomic E-state index is 12.9. The number of guanidine groups is 1. The Morgan fingerprint density at radius 2 is 2.00 bits per heavy atom. The topological polar surface area (TPSA) is 59.2 Å².